The van der Waals surface area contributed by atoms with Crippen molar-refractivity contribution >= 4 is 43.3 Å². The molecule has 2 unspecified atom stereocenters. The summed E-state index contributed by atoms with van der Waals surface area (Å²) in [6, 6.07) is 13.6. The number of hydrogen-bond donors (Lipinski definition) is 1. The van der Waals surface area contributed by atoms with Gasteiger partial charge in [-0.3, -0.25) is 0 Å². The highest BCUT2D eigenvalue weighted by atomic mass is 35.5. The molecule has 7 nitrogen and oxygen atoms in total. The molecule has 52 heavy (non-hydrogen) atoms. The molecule has 2 heterocycles. The Morgan fingerprint density at radius 2 is 1.92 bits per heavy atom. The van der Waals surface area contributed by atoms with Crippen molar-refractivity contribution in [2.75, 3.05) is 30.3 Å². The van der Waals surface area contributed by atoms with Crippen LogP contribution in [0.25, 0.3) is 0 Å². The number of carboxylic acids is 1. The van der Waals surface area contributed by atoms with Crippen molar-refractivity contribution in [3.05, 3.63) is 88.7 Å². The summed E-state index contributed by atoms with van der Waals surface area (Å²) in [6.45, 7) is 13.9. The Labute approximate surface area is 320 Å². The number of carboxylic acid groups (broad SMARTS) is 1. The van der Waals surface area contributed by atoms with Gasteiger partial charge in [-0.2, -0.15) is 0 Å². The predicted octanol–water partition coefficient (Wildman–Crippen LogP) is 10.1. The number of aromatic nitrogens is 2. The molecule has 1 aromatic heterocycles. The lowest BCUT2D eigenvalue weighted by atomic mass is 9.68. The first kappa shape index (κ1) is 37.5. The monoisotopic (exact) mass is 759 g/mol. The standard InChI is InChI=1S/C42H54ClN3O4SSi/c1-41(2,3)52(4,5)50-37(17-12-28-9-10-32(28)25-51-40-44-20-7-21-45-40)34-15-11-31(34)24-46-26-42(19-6-8-29-22-33(43)14-16-35(29)42)27-49-38-18-13-30(39(47)48)23-36(38)46/h7,12-14,16-18,20-23,28,31-32,34,37H,6,8-11,15,19,24-27H2,1-5H3,(H,47,48)/b17-12+/t28-,31-,32-,34+,37?,42?/m0/s1. The van der Waals surface area contributed by atoms with Gasteiger partial charge < -0.3 is 19.2 Å². The van der Waals surface area contributed by atoms with Gasteiger partial charge in [0, 0.05) is 41.7 Å². The molecule has 0 radical (unpaired) electrons. The number of allylic oxidation sites excluding steroid dienone is 1. The van der Waals surface area contributed by atoms with Crippen LogP contribution in [-0.2, 0) is 16.3 Å². The van der Waals surface area contributed by atoms with Crippen molar-refractivity contribution in [3.8, 4) is 5.75 Å². The van der Waals surface area contributed by atoms with E-state index in [0.29, 0.717) is 35.8 Å². The summed E-state index contributed by atoms with van der Waals surface area (Å²) in [5.41, 5.74) is 3.59. The number of halogens is 1. The van der Waals surface area contributed by atoms with Crippen molar-refractivity contribution < 1.29 is 19.1 Å². The smallest absolute Gasteiger partial charge is 0.335 e. The lowest BCUT2D eigenvalue weighted by Gasteiger charge is -2.48. The van der Waals surface area contributed by atoms with E-state index >= 15 is 0 Å². The summed E-state index contributed by atoms with van der Waals surface area (Å²) < 4.78 is 14.0. The number of carbonyl (C=O) groups is 1. The summed E-state index contributed by atoms with van der Waals surface area (Å²) in [4.78, 5) is 23.5. The van der Waals surface area contributed by atoms with Crippen LogP contribution < -0.4 is 9.64 Å². The average molecular weight is 761 g/mol. The molecule has 2 fully saturated rings. The highest BCUT2D eigenvalue weighted by molar-refractivity contribution is 7.99. The zero-order valence-corrected chi connectivity index (χ0v) is 33.9. The second-order valence-corrected chi connectivity index (χ2v) is 23.3. The number of aromatic carboxylic acids is 1. The van der Waals surface area contributed by atoms with Crippen molar-refractivity contribution in [2.24, 2.45) is 23.7 Å². The first-order valence-corrected chi connectivity index (χ1v) is 23.4. The van der Waals surface area contributed by atoms with Crippen molar-refractivity contribution in [1.82, 2.24) is 9.97 Å². The molecule has 7 rings (SSSR count). The number of hydrogen-bond acceptors (Lipinski definition) is 7. The number of ether oxygens (including phenoxy) is 1. The van der Waals surface area contributed by atoms with Gasteiger partial charge in [-0.1, -0.05) is 62.4 Å². The van der Waals surface area contributed by atoms with E-state index in [0.717, 1.165) is 72.6 Å². The molecule has 2 saturated carbocycles. The molecule has 3 aliphatic carbocycles. The maximum atomic E-state index is 12.2. The van der Waals surface area contributed by atoms with Gasteiger partial charge >= 0.3 is 5.97 Å². The van der Waals surface area contributed by atoms with E-state index in [2.05, 4.69) is 73.0 Å². The molecule has 1 spiro atoms. The minimum Gasteiger partial charge on any atom is -0.490 e. The normalized spacial score (nSPS) is 26.5. The van der Waals surface area contributed by atoms with E-state index in [1.165, 1.54) is 24.0 Å². The maximum Gasteiger partial charge on any atom is 0.335 e. The second-order valence-electron chi connectivity index (χ2n) is 17.2. The van der Waals surface area contributed by atoms with E-state index in [-0.39, 0.29) is 16.6 Å². The number of benzene rings is 2. The van der Waals surface area contributed by atoms with Gasteiger partial charge in [0.2, 0.25) is 0 Å². The van der Waals surface area contributed by atoms with Gasteiger partial charge in [0.05, 0.1) is 24.0 Å². The third kappa shape index (κ3) is 7.84. The average Bonchev–Trinajstić information content (AvgIpc) is 3.22. The summed E-state index contributed by atoms with van der Waals surface area (Å²) in [7, 11) is -2.08. The Bertz CT molecular complexity index is 1780. The molecular weight excluding hydrogens is 706 g/mol. The van der Waals surface area contributed by atoms with Crippen molar-refractivity contribution in [3.63, 3.8) is 0 Å². The molecule has 6 atom stereocenters. The van der Waals surface area contributed by atoms with Crippen molar-refractivity contribution in [2.45, 2.75) is 101 Å². The Morgan fingerprint density at radius 3 is 2.62 bits per heavy atom. The van der Waals surface area contributed by atoms with Crippen LogP contribution in [0.15, 0.2) is 72.2 Å². The van der Waals surface area contributed by atoms with Crippen LogP contribution in [0.3, 0.4) is 0 Å². The summed E-state index contributed by atoms with van der Waals surface area (Å²) in [5, 5.41) is 11.7. The highest BCUT2D eigenvalue weighted by Gasteiger charge is 2.47. The minimum atomic E-state index is -2.08. The van der Waals surface area contributed by atoms with Gasteiger partial charge in [-0.15, -0.1) is 0 Å². The Hall–Kier alpha value is -2.85. The third-order valence-corrected chi connectivity index (χ3v) is 18.6. The number of aryl methyl sites for hydroxylation is 1. The van der Waals surface area contributed by atoms with Crippen LogP contribution in [-0.4, -0.2) is 60.9 Å². The zero-order chi connectivity index (χ0) is 36.7. The van der Waals surface area contributed by atoms with E-state index in [9.17, 15) is 9.90 Å². The SMILES string of the molecule is CC(C)(C)[Si](C)(C)OC(/C=C/[C@@H]1CC[C@H]1CSc1ncccn1)[C@@H]1CC[C@H]1CN1CC2(CCCc3cc(Cl)ccc32)COc2ccc(C(=O)O)cc21. The molecule has 0 amide bonds. The number of thioether (sulfide) groups is 1. The molecule has 0 saturated heterocycles. The molecule has 3 aromatic rings. The first-order chi connectivity index (χ1) is 24.8. The van der Waals surface area contributed by atoms with E-state index in [4.69, 9.17) is 20.8 Å². The fraction of sp³-hybridized carbons (Fsp3) is 0.548. The van der Waals surface area contributed by atoms with Gasteiger partial charge in [-0.25, -0.2) is 14.8 Å². The molecule has 1 aliphatic heterocycles. The largest absolute Gasteiger partial charge is 0.490 e. The van der Waals surface area contributed by atoms with E-state index in [1.807, 2.05) is 36.7 Å². The summed E-state index contributed by atoms with van der Waals surface area (Å²) in [6.07, 6.45) is 16.4. The Balaban J connectivity index is 1.15. The molecule has 2 aromatic carbocycles. The van der Waals surface area contributed by atoms with E-state index in [1.54, 1.807) is 17.8 Å². The number of fused-ring (bicyclic) bond motifs is 3. The summed E-state index contributed by atoms with van der Waals surface area (Å²) >= 11 is 8.25. The fourth-order valence-electron chi connectivity index (χ4n) is 8.42. The molecule has 1 N–H and O–H groups in total. The van der Waals surface area contributed by atoms with Crippen LogP contribution in [0.5, 0.6) is 5.75 Å². The lowest BCUT2D eigenvalue weighted by molar-refractivity contribution is 0.0519. The van der Waals surface area contributed by atoms with Crippen LogP contribution in [0.4, 0.5) is 5.69 Å². The highest BCUT2D eigenvalue weighted by Crippen LogP contribution is 2.49. The number of anilines is 1. The van der Waals surface area contributed by atoms with Gasteiger partial charge in [0.1, 0.15) is 5.75 Å². The van der Waals surface area contributed by atoms with Gasteiger partial charge in [-0.05, 0) is 134 Å². The van der Waals surface area contributed by atoms with E-state index < -0.39 is 14.3 Å². The minimum absolute atomic E-state index is 0.0468. The molecule has 278 valence electrons. The summed E-state index contributed by atoms with van der Waals surface area (Å²) in [5.74, 6) is 2.85. The second kappa shape index (κ2) is 15.1. The Morgan fingerprint density at radius 1 is 1.13 bits per heavy atom. The fourth-order valence-corrected chi connectivity index (χ4v) is 10.9. The van der Waals surface area contributed by atoms with Crippen LogP contribution in [0.2, 0.25) is 23.2 Å². The Kier molecular flexibility index (Phi) is 10.9. The number of nitrogens with zero attached hydrogens (tertiary/aromatic N) is 3. The third-order valence-electron chi connectivity index (χ3n) is 12.9. The topological polar surface area (TPSA) is 84.8 Å². The van der Waals surface area contributed by atoms with Crippen LogP contribution >= 0.6 is 23.4 Å². The predicted molar refractivity (Wildman–Crippen MR) is 214 cm³/mol. The van der Waals surface area contributed by atoms with Crippen LogP contribution in [0, 0.1) is 23.7 Å². The van der Waals surface area contributed by atoms with Gasteiger partial charge in [0.25, 0.3) is 0 Å². The van der Waals surface area contributed by atoms with Crippen LogP contribution in [0.1, 0.15) is 80.8 Å². The lowest BCUT2D eigenvalue weighted by Crippen LogP contribution is -2.52. The van der Waals surface area contributed by atoms with Crippen molar-refractivity contribution in [1.29, 1.82) is 0 Å². The first-order valence-electron chi connectivity index (χ1n) is 19.1. The quantitative estimate of drug-likeness (QED) is 0.0896. The molecule has 10 heteroatoms. The molecular formula is C42H54ClN3O4SSi. The maximum absolute atomic E-state index is 12.2. The van der Waals surface area contributed by atoms with Gasteiger partial charge in [0.15, 0.2) is 13.5 Å². The zero-order valence-electron chi connectivity index (χ0n) is 31.3. The molecule has 0 bridgehead atoms. The molecule has 4 aliphatic rings. The number of rotatable bonds is 11.